The maximum Gasteiger partial charge on any atom is 0.179 e. The summed E-state index contributed by atoms with van der Waals surface area (Å²) < 4.78 is 16.1. The molecule has 0 saturated heterocycles. The minimum atomic E-state index is 0.167. The molecule has 1 N–H and O–H groups in total. The summed E-state index contributed by atoms with van der Waals surface area (Å²) in [5.41, 5.74) is 1.03. The molecule has 0 aliphatic carbocycles. The number of likely N-dealkylation sites (N-methyl/N-ethyl adjacent to an activating group) is 1. The quantitative estimate of drug-likeness (QED) is 0.800. The van der Waals surface area contributed by atoms with E-state index in [0.29, 0.717) is 23.1 Å². The Morgan fingerprint density at radius 1 is 1.26 bits per heavy atom. The fourth-order valence-corrected chi connectivity index (χ4v) is 2.76. The van der Waals surface area contributed by atoms with Crippen LogP contribution in [0.3, 0.4) is 0 Å². The number of nitrogens with zero attached hydrogens (tertiary/aromatic N) is 1. The zero-order chi connectivity index (χ0) is 16.8. The van der Waals surface area contributed by atoms with Gasteiger partial charge >= 0.3 is 0 Å². The van der Waals surface area contributed by atoms with Gasteiger partial charge in [-0.15, -0.1) is 0 Å². The van der Waals surface area contributed by atoms with E-state index in [0.717, 1.165) is 17.9 Å². The van der Waals surface area contributed by atoms with Crippen LogP contribution in [-0.4, -0.2) is 39.8 Å². The Morgan fingerprint density at radius 2 is 2.04 bits per heavy atom. The van der Waals surface area contributed by atoms with E-state index in [9.17, 15) is 0 Å². The average Bonchev–Trinajstić information content (AvgIpc) is 3.04. The molecule has 0 saturated carbocycles. The van der Waals surface area contributed by atoms with Crippen molar-refractivity contribution in [2.75, 3.05) is 34.9 Å². The molecule has 0 aliphatic heterocycles. The molecule has 1 heterocycles. The van der Waals surface area contributed by atoms with Crippen molar-refractivity contribution in [3.8, 4) is 11.5 Å². The zero-order valence-electron chi connectivity index (χ0n) is 13.9. The minimum absolute atomic E-state index is 0.167. The molecule has 0 spiro atoms. The first-order valence-corrected chi connectivity index (χ1v) is 7.75. The van der Waals surface area contributed by atoms with Crippen molar-refractivity contribution in [3.05, 3.63) is 46.9 Å². The summed E-state index contributed by atoms with van der Waals surface area (Å²) >= 11 is 6.23. The van der Waals surface area contributed by atoms with Crippen molar-refractivity contribution in [1.29, 1.82) is 0 Å². The summed E-state index contributed by atoms with van der Waals surface area (Å²) in [5.74, 6) is 2.12. The molecule has 0 aliphatic rings. The van der Waals surface area contributed by atoms with Gasteiger partial charge in [0.2, 0.25) is 0 Å². The number of hydrogen-bond donors (Lipinski definition) is 1. The standard InChI is InChI=1S/C17H23ClN2O3/c1-20(2)14(15-6-5-7-23-15)11-19-10-12-8-13(18)17(22-4)16(9-12)21-3/h5-9,14,19H,10-11H2,1-4H3. The predicted octanol–water partition coefficient (Wildman–Crippen LogP) is 3.34. The van der Waals surface area contributed by atoms with E-state index < -0.39 is 0 Å². The van der Waals surface area contributed by atoms with Gasteiger partial charge in [-0.25, -0.2) is 0 Å². The molecular weight excluding hydrogens is 316 g/mol. The molecule has 6 heteroatoms. The summed E-state index contributed by atoms with van der Waals surface area (Å²) in [5, 5.41) is 3.97. The highest BCUT2D eigenvalue weighted by atomic mass is 35.5. The second-order valence-electron chi connectivity index (χ2n) is 5.44. The molecule has 0 fully saturated rings. The number of ether oxygens (including phenoxy) is 2. The molecule has 1 unspecified atom stereocenters. The van der Waals surface area contributed by atoms with Crippen LogP contribution in [0.1, 0.15) is 17.4 Å². The molecule has 1 atom stereocenters. The number of furan rings is 1. The Bertz CT molecular complexity index is 615. The molecule has 0 radical (unpaired) electrons. The van der Waals surface area contributed by atoms with Crippen molar-refractivity contribution in [3.63, 3.8) is 0 Å². The van der Waals surface area contributed by atoms with Gasteiger partial charge in [0, 0.05) is 13.1 Å². The topological polar surface area (TPSA) is 46.9 Å². The predicted molar refractivity (Wildman–Crippen MR) is 91.4 cm³/mol. The van der Waals surface area contributed by atoms with E-state index in [1.165, 1.54) is 0 Å². The fourth-order valence-electron chi connectivity index (χ4n) is 2.45. The van der Waals surface area contributed by atoms with Gasteiger partial charge in [0.1, 0.15) is 5.76 Å². The second-order valence-corrected chi connectivity index (χ2v) is 5.85. The monoisotopic (exact) mass is 338 g/mol. The zero-order valence-corrected chi connectivity index (χ0v) is 14.7. The second kappa shape index (κ2) is 8.24. The highest BCUT2D eigenvalue weighted by Gasteiger charge is 2.17. The van der Waals surface area contributed by atoms with Crippen molar-refractivity contribution in [2.45, 2.75) is 12.6 Å². The lowest BCUT2D eigenvalue weighted by molar-refractivity contribution is 0.250. The van der Waals surface area contributed by atoms with Crippen LogP contribution >= 0.6 is 11.6 Å². The summed E-state index contributed by atoms with van der Waals surface area (Å²) in [7, 11) is 7.24. The van der Waals surface area contributed by atoms with Gasteiger partial charge in [-0.3, -0.25) is 4.90 Å². The first kappa shape index (κ1) is 17.7. The van der Waals surface area contributed by atoms with Crippen LogP contribution in [0.25, 0.3) is 0 Å². The maximum atomic E-state index is 6.23. The van der Waals surface area contributed by atoms with E-state index in [-0.39, 0.29) is 6.04 Å². The first-order valence-electron chi connectivity index (χ1n) is 7.37. The van der Waals surface area contributed by atoms with Crippen LogP contribution in [-0.2, 0) is 6.54 Å². The molecule has 5 nitrogen and oxygen atoms in total. The Kier molecular flexibility index (Phi) is 6.33. The number of methoxy groups -OCH3 is 2. The van der Waals surface area contributed by atoms with Gasteiger partial charge in [0.05, 0.1) is 31.5 Å². The van der Waals surface area contributed by atoms with Crippen molar-refractivity contribution < 1.29 is 13.9 Å². The average molecular weight is 339 g/mol. The smallest absolute Gasteiger partial charge is 0.179 e. The van der Waals surface area contributed by atoms with Gasteiger partial charge in [0.15, 0.2) is 11.5 Å². The van der Waals surface area contributed by atoms with Crippen LogP contribution in [0.15, 0.2) is 34.9 Å². The van der Waals surface area contributed by atoms with Gasteiger partial charge in [0.25, 0.3) is 0 Å². The van der Waals surface area contributed by atoms with Gasteiger partial charge < -0.3 is 19.2 Å². The third-order valence-electron chi connectivity index (χ3n) is 3.66. The number of benzene rings is 1. The van der Waals surface area contributed by atoms with Crippen LogP contribution in [0.2, 0.25) is 5.02 Å². The Hall–Kier alpha value is -1.69. The molecule has 2 rings (SSSR count). The highest BCUT2D eigenvalue weighted by molar-refractivity contribution is 6.32. The minimum Gasteiger partial charge on any atom is -0.493 e. The molecule has 0 bridgehead atoms. The number of halogens is 1. The Morgan fingerprint density at radius 3 is 2.61 bits per heavy atom. The largest absolute Gasteiger partial charge is 0.493 e. The van der Waals surface area contributed by atoms with Crippen molar-refractivity contribution >= 4 is 11.6 Å². The van der Waals surface area contributed by atoms with Crippen LogP contribution in [0.5, 0.6) is 11.5 Å². The molecule has 2 aromatic rings. The normalized spacial score (nSPS) is 12.4. The lowest BCUT2D eigenvalue weighted by Gasteiger charge is -2.22. The Labute approximate surface area is 142 Å². The van der Waals surface area contributed by atoms with Gasteiger partial charge in [-0.2, -0.15) is 0 Å². The third kappa shape index (κ3) is 4.41. The van der Waals surface area contributed by atoms with Gasteiger partial charge in [-0.1, -0.05) is 11.6 Å². The number of rotatable bonds is 8. The molecule has 1 aromatic heterocycles. The number of hydrogen-bond acceptors (Lipinski definition) is 5. The fraction of sp³-hybridized carbons (Fsp3) is 0.412. The highest BCUT2D eigenvalue weighted by Crippen LogP contribution is 2.36. The summed E-state index contributed by atoms with van der Waals surface area (Å²) in [6, 6.07) is 7.86. The molecule has 23 heavy (non-hydrogen) atoms. The van der Waals surface area contributed by atoms with E-state index >= 15 is 0 Å². The SMILES string of the molecule is COc1cc(CNCC(c2ccco2)N(C)C)cc(Cl)c1OC. The van der Waals surface area contributed by atoms with Crippen LogP contribution in [0.4, 0.5) is 0 Å². The lowest BCUT2D eigenvalue weighted by Crippen LogP contribution is -2.30. The van der Waals surface area contributed by atoms with E-state index in [1.54, 1.807) is 20.5 Å². The summed E-state index contributed by atoms with van der Waals surface area (Å²) in [4.78, 5) is 2.12. The Balaban J connectivity index is 2.02. The van der Waals surface area contributed by atoms with E-state index in [2.05, 4.69) is 10.2 Å². The molecular formula is C17H23ClN2O3. The summed E-state index contributed by atoms with van der Waals surface area (Å²) in [6.07, 6.45) is 1.69. The summed E-state index contributed by atoms with van der Waals surface area (Å²) in [6.45, 7) is 1.43. The van der Waals surface area contributed by atoms with Crippen LogP contribution in [0, 0.1) is 0 Å². The van der Waals surface area contributed by atoms with Crippen LogP contribution < -0.4 is 14.8 Å². The van der Waals surface area contributed by atoms with Gasteiger partial charge in [-0.05, 0) is 43.9 Å². The third-order valence-corrected chi connectivity index (χ3v) is 3.94. The molecule has 126 valence electrons. The number of nitrogens with one attached hydrogen (secondary N) is 1. The van der Waals surface area contributed by atoms with Crippen molar-refractivity contribution in [1.82, 2.24) is 10.2 Å². The van der Waals surface area contributed by atoms with E-state index in [4.69, 9.17) is 25.5 Å². The van der Waals surface area contributed by atoms with E-state index in [1.807, 2.05) is 38.4 Å². The molecule has 0 amide bonds. The maximum absolute atomic E-state index is 6.23. The first-order chi connectivity index (χ1) is 11.1. The molecule has 1 aromatic carbocycles. The van der Waals surface area contributed by atoms with Crippen molar-refractivity contribution in [2.24, 2.45) is 0 Å². The lowest BCUT2D eigenvalue weighted by atomic mass is 10.1.